The van der Waals surface area contributed by atoms with Crippen LogP contribution in [0.15, 0.2) is 36.5 Å². The van der Waals surface area contributed by atoms with Crippen LogP contribution in [0.5, 0.6) is 0 Å². The van der Waals surface area contributed by atoms with Crippen molar-refractivity contribution in [1.82, 2.24) is 19.5 Å². The van der Waals surface area contributed by atoms with Crippen LogP contribution in [-0.2, 0) is 19.6 Å². The van der Waals surface area contributed by atoms with Crippen LogP contribution >= 0.6 is 0 Å². The van der Waals surface area contributed by atoms with Gasteiger partial charge < -0.3 is 9.88 Å². The highest BCUT2D eigenvalue weighted by Crippen LogP contribution is 2.27. The summed E-state index contributed by atoms with van der Waals surface area (Å²) in [6, 6.07) is 8.70. The molecule has 2 heterocycles. The van der Waals surface area contributed by atoms with Crippen LogP contribution in [0.2, 0.25) is 0 Å². The number of halogens is 3. The molecule has 0 saturated heterocycles. The van der Waals surface area contributed by atoms with Crippen LogP contribution in [0, 0.1) is 0 Å². The molecule has 126 valence electrons. The normalized spacial score (nSPS) is 11.8. The summed E-state index contributed by atoms with van der Waals surface area (Å²) in [4.78, 5) is 11.8. The predicted octanol–water partition coefficient (Wildman–Crippen LogP) is 3.43. The molecule has 0 unspecified atom stereocenters. The van der Waals surface area contributed by atoms with Gasteiger partial charge in [0.1, 0.15) is 11.5 Å². The van der Waals surface area contributed by atoms with Crippen molar-refractivity contribution in [2.75, 3.05) is 11.9 Å². The zero-order valence-corrected chi connectivity index (χ0v) is 13.0. The summed E-state index contributed by atoms with van der Waals surface area (Å²) in [6.45, 7) is 0.463. The lowest BCUT2D eigenvalue weighted by Crippen LogP contribution is -2.12. The second kappa shape index (κ2) is 6.46. The van der Waals surface area contributed by atoms with Crippen molar-refractivity contribution in [1.29, 1.82) is 0 Å². The number of aromatic nitrogens is 4. The van der Waals surface area contributed by atoms with E-state index in [1.54, 1.807) is 0 Å². The summed E-state index contributed by atoms with van der Waals surface area (Å²) >= 11 is 0. The van der Waals surface area contributed by atoms with Gasteiger partial charge in [-0.1, -0.05) is 12.1 Å². The molecule has 0 atom stereocenters. The van der Waals surface area contributed by atoms with Gasteiger partial charge in [0.05, 0.1) is 11.0 Å². The van der Waals surface area contributed by atoms with Gasteiger partial charge in [0.2, 0.25) is 5.95 Å². The Morgan fingerprint density at radius 3 is 2.67 bits per heavy atom. The molecule has 0 fully saturated rings. The Balaban J connectivity index is 1.58. The monoisotopic (exact) mass is 335 g/mol. The second-order valence-electron chi connectivity index (χ2n) is 5.37. The van der Waals surface area contributed by atoms with Crippen molar-refractivity contribution in [3.05, 3.63) is 48.0 Å². The van der Waals surface area contributed by atoms with Gasteiger partial charge in [-0.3, -0.25) is 0 Å². The first-order chi connectivity index (χ1) is 11.4. The van der Waals surface area contributed by atoms with Gasteiger partial charge in [0, 0.05) is 26.2 Å². The van der Waals surface area contributed by atoms with E-state index >= 15 is 0 Å². The number of nitrogens with zero attached hydrogens (tertiary/aromatic N) is 4. The molecule has 0 aliphatic rings. The molecule has 0 radical (unpaired) electrons. The Bertz CT molecular complexity index is 841. The Morgan fingerprint density at radius 2 is 1.92 bits per heavy atom. The molecule has 0 spiro atoms. The van der Waals surface area contributed by atoms with Crippen molar-refractivity contribution in [3.63, 3.8) is 0 Å². The van der Waals surface area contributed by atoms with Gasteiger partial charge in [0.15, 0.2) is 0 Å². The zero-order chi connectivity index (χ0) is 17.2. The van der Waals surface area contributed by atoms with Crippen LogP contribution in [0.25, 0.3) is 11.0 Å². The van der Waals surface area contributed by atoms with Crippen LogP contribution in [0.1, 0.15) is 17.9 Å². The summed E-state index contributed by atoms with van der Waals surface area (Å²) < 4.78 is 39.8. The summed E-state index contributed by atoms with van der Waals surface area (Å²) in [5.74, 6) is 0.915. The molecule has 0 aliphatic carbocycles. The van der Waals surface area contributed by atoms with Crippen LogP contribution in [0.3, 0.4) is 0 Å². The van der Waals surface area contributed by atoms with Gasteiger partial charge in [0.25, 0.3) is 0 Å². The van der Waals surface area contributed by atoms with E-state index in [2.05, 4.69) is 20.3 Å². The lowest BCUT2D eigenvalue weighted by Gasteiger charge is -2.08. The van der Waals surface area contributed by atoms with Gasteiger partial charge in [-0.05, 0) is 24.6 Å². The minimum Gasteiger partial charge on any atom is -0.354 e. The highest BCUT2D eigenvalue weighted by atomic mass is 19.4. The Morgan fingerprint density at radius 1 is 1.12 bits per heavy atom. The molecule has 8 heteroatoms. The molecule has 0 amide bonds. The number of hydrogen-bond donors (Lipinski definition) is 1. The van der Waals surface area contributed by atoms with Gasteiger partial charge in [-0.2, -0.15) is 13.2 Å². The molecule has 0 saturated carbocycles. The molecule has 1 N–H and O–H groups in total. The van der Waals surface area contributed by atoms with E-state index in [0.29, 0.717) is 19.4 Å². The van der Waals surface area contributed by atoms with Crippen molar-refractivity contribution < 1.29 is 13.2 Å². The summed E-state index contributed by atoms with van der Waals surface area (Å²) in [6.07, 6.45) is -1.95. The number of anilines is 1. The fraction of sp³-hybridized carbons (Fsp3) is 0.312. The summed E-state index contributed by atoms with van der Waals surface area (Å²) in [7, 11) is 1.95. The maximum Gasteiger partial charge on any atom is 0.433 e. The minimum absolute atomic E-state index is 0.0187. The number of benzene rings is 1. The number of alkyl halides is 3. The molecule has 2 aromatic heterocycles. The third kappa shape index (κ3) is 3.47. The molecular weight excluding hydrogens is 319 g/mol. The topological polar surface area (TPSA) is 55.6 Å². The highest BCUT2D eigenvalue weighted by molar-refractivity contribution is 5.75. The molecule has 0 aliphatic heterocycles. The number of fused-ring (bicyclic) bond motifs is 1. The van der Waals surface area contributed by atoms with Crippen LogP contribution in [-0.4, -0.2) is 26.1 Å². The smallest absolute Gasteiger partial charge is 0.354 e. The Hall–Kier alpha value is -2.64. The molecule has 1 aromatic carbocycles. The molecule has 24 heavy (non-hydrogen) atoms. The van der Waals surface area contributed by atoms with Gasteiger partial charge in [-0.25, -0.2) is 15.0 Å². The van der Waals surface area contributed by atoms with E-state index < -0.39 is 11.9 Å². The van der Waals surface area contributed by atoms with Gasteiger partial charge >= 0.3 is 6.18 Å². The number of para-hydroxylation sites is 2. The molecule has 3 rings (SSSR count). The molecule has 0 bridgehead atoms. The fourth-order valence-corrected chi connectivity index (χ4v) is 2.47. The van der Waals surface area contributed by atoms with E-state index in [-0.39, 0.29) is 5.95 Å². The standard InChI is InChI=1S/C16H16F3N5/c1-24-12-6-3-2-5-11(12)22-14(24)7-4-9-20-15-21-10-8-13(23-15)16(17,18)19/h2-3,5-6,8,10H,4,7,9H2,1H3,(H,20,21,23). The summed E-state index contributed by atoms with van der Waals surface area (Å²) in [5, 5.41) is 2.82. The zero-order valence-electron chi connectivity index (χ0n) is 13.0. The summed E-state index contributed by atoms with van der Waals surface area (Å²) in [5.41, 5.74) is 1.04. The predicted molar refractivity (Wildman–Crippen MR) is 84.6 cm³/mol. The Kier molecular flexibility index (Phi) is 4.37. The number of imidazole rings is 1. The average Bonchev–Trinajstić information content (AvgIpc) is 2.88. The molecule has 5 nitrogen and oxygen atoms in total. The van der Waals surface area contributed by atoms with E-state index in [1.165, 1.54) is 0 Å². The van der Waals surface area contributed by atoms with E-state index in [1.807, 2.05) is 35.9 Å². The van der Waals surface area contributed by atoms with Crippen molar-refractivity contribution in [2.45, 2.75) is 19.0 Å². The largest absolute Gasteiger partial charge is 0.433 e. The van der Waals surface area contributed by atoms with Crippen molar-refractivity contribution in [3.8, 4) is 0 Å². The van der Waals surface area contributed by atoms with Crippen molar-refractivity contribution >= 4 is 17.0 Å². The van der Waals surface area contributed by atoms with Crippen LogP contribution < -0.4 is 5.32 Å². The van der Waals surface area contributed by atoms with E-state index in [4.69, 9.17) is 0 Å². The first kappa shape index (κ1) is 16.2. The third-order valence-electron chi connectivity index (χ3n) is 3.69. The second-order valence-corrected chi connectivity index (χ2v) is 5.37. The molecule has 3 aromatic rings. The highest BCUT2D eigenvalue weighted by Gasteiger charge is 2.32. The van der Waals surface area contributed by atoms with Crippen LogP contribution in [0.4, 0.5) is 19.1 Å². The quantitative estimate of drug-likeness (QED) is 0.726. The van der Waals surface area contributed by atoms with E-state index in [0.717, 1.165) is 29.1 Å². The lowest BCUT2D eigenvalue weighted by molar-refractivity contribution is -0.141. The minimum atomic E-state index is -4.47. The molecular formula is C16H16F3N5. The van der Waals surface area contributed by atoms with E-state index in [9.17, 15) is 13.2 Å². The number of rotatable bonds is 5. The average molecular weight is 335 g/mol. The SMILES string of the molecule is Cn1c(CCCNc2nccc(C(F)(F)F)n2)nc2ccccc21. The first-order valence-electron chi connectivity index (χ1n) is 7.49. The number of nitrogens with one attached hydrogen (secondary N) is 1. The van der Waals surface area contributed by atoms with Gasteiger partial charge in [-0.15, -0.1) is 0 Å². The first-order valence-corrected chi connectivity index (χ1v) is 7.49. The number of aryl methyl sites for hydroxylation is 2. The Labute approximate surface area is 136 Å². The maximum absolute atomic E-state index is 12.6. The third-order valence-corrected chi connectivity index (χ3v) is 3.69. The number of hydrogen-bond acceptors (Lipinski definition) is 4. The maximum atomic E-state index is 12.6. The lowest BCUT2D eigenvalue weighted by atomic mass is 10.3. The fourth-order valence-electron chi connectivity index (χ4n) is 2.47. The van der Waals surface area contributed by atoms with Crippen molar-refractivity contribution in [2.24, 2.45) is 7.05 Å².